The molecule has 0 aromatic rings. The summed E-state index contributed by atoms with van der Waals surface area (Å²) in [6.45, 7) is 7.60. The SMILES string of the molecule is CC(C)OP(=S)([S-])OC(C)C.[Mo]. The van der Waals surface area contributed by atoms with Crippen LogP contribution < -0.4 is 0 Å². The quantitative estimate of drug-likeness (QED) is 0.451. The minimum atomic E-state index is -2.39. The van der Waals surface area contributed by atoms with Gasteiger partial charge in [-0.05, 0) is 27.7 Å². The minimum Gasteiger partial charge on any atom is -0.691 e. The molecule has 0 aromatic carbocycles. The molecule has 0 N–H and O–H groups in total. The standard InChI is InChI=1S/C6H15O2PS2.Mo/c1-5(2)7-9(10,11)8-6(3)4;/h5-6H,1-4H3,(H,10,11);/p-1. The molecule has 74 valence electrons. The first-order chi connectivity index (χ1) is 4.83. The molecular weight excluding hydrogens is 295 g/mol. The normalized spacial score (nSPS) is 11.9. The van der Waals surface area contributed by atoms with Gasteiger partial charge in [0.1, 0.15) is 0 Å². The predicted molar refractivity (Wildman–Crippen MR) is 54.1 cm³/mol. The monoisotopic (exact) mass is 311 g/mol. The fourth-order valence-corrected chi connectivity index (χ4v) is 3.69. The summed E-state index contributed by atoms with van der Waals surface area (Å²) >= 11 is 9.95. The van der Waals surface area contributed by atoms with Crippen LogP contribution in [0.3, 0.4) is 0 Å². The fraction of sp³-hybridized carbons (Fsp3) is 1.00. The first kappa shape index (κ1) is 16.1. The predicted octanol–water partition coefficient (Wildman–Crippen LogP) is 2.61. The smallest absolute Gasteiger partial charge is 0.0575 e. The molecule has 0 atom stereocenters. The topological polar surface area (TPSA) is 18.5 Å². The van der Waals surface area contributed by atoms with Crippen LogP contribution in [0, 0.1) is 0 Å². The molecule has 0 fully saturated rings. The van der Waals surface area contributed by atoms with Gasteiger partial charge in [-0.15, -0.1) is 0 Å². The second-order valence-electron chi connectivity index (χ2n) is 2.76. The molecule has 0 rings (SSSR count). The van der Waals surface area contributed by atoms with Crippen LogP contribution in [-0.2, 0) is 54.2 Å². The molecule has 0 unspecified atom stereocenters. The van der Waals surface area contributed by atoms with Gasteiger partial charge in [0.15, 0.2) is 0 Å². The van der Waals surface area contributed by atoms with E-state index in [1.54, 1.807) is 0 Å². The van der Waals surface area contributed by atoms with Crippen molar-refractivity contribution in [2.24, 2.45) is 0 Å². The van der Waals surface area contributed by atoms with Crippen LogP contribution in [0.15, 0.2) is 0 Å². The van der Waals surface area contributed by atoms with Crippen LogP contribution in [0.1, 0.15) is 27.7 Å². The zero-order valence-electron chi connectivity index (χ0n) is 7.64. The van der Waals surface area contributed by atoms with Gasteiger partial charge >= 0.3 is 0 Å². The van der Waals surface area contributed by atoms with Crippen LogP contribution in [0.25, 0.3) is 0 Å². The van der Waals surface area contributed by atoms with Gasteiger partial charge in [-0.3, -0.25) is 0 Å². The molecule has 12 heavy (non-hydrogen) atoms. The largest absolute Gasteiger partial charge is 0.691 e. The summed E-state index contributed by atoms with van der Waals surface area (Å²) in [6, 6.07) is 0. The Kier molecular flexibility index (Phi) is 9.33. The Hall–Kier alpha value is 1.61. The van der Waals surface area contributed by atoms with E-state index in [9.17, 15) is 0 Å². The molecule has 0 aromatic heterocycles. The minimum absolute atomic E-state index is 0. The van der Waals surface area contributed by atoms with E-state index in [0.29, 0.717) is 0 Å². The third kappa shape index (κ3) is 9.69. The Labute approximate surface area is 99.4 Å². The summed E-state index contributed by atoms with van der Waals surface area (Å²) in [7, 11) is 0. The molecule has 6 heteroatoms. The van der Waals surface area contributed by atoms with Gasteiger partial charge in [-0.1, -0.05) is 11.8 Å². The number of rotatable bonds is 4. The fourth-order valence-electron chi connectivity index (χ4n) is 0.541. The Morgan fingerprint density at radius 3 is 1.50 bits per heavy atom. The molecule has 0 heterocycles. The van der Waals surface area contributed by atoms with Gasteiger partial charge in [-0.25, -0.2) is 0 Å². The van der Waals surface area contributed by atoms with Crippen molar-refractivity contribution >= 4 is 29.7 Å². The zero-order chi connectivity index (χ0) is 9.07. The van der Waals surface area contributed by atoms with Crippen molar-refractivity contribution < 1.29 is 30.1 Å². The van der Waals surface area contributed by atoms with Crippen LogP contribution in [0.2, 0.25) is 0 Å². The van der Waals surface area contributed by atoms with Crippen LogP contribution in [0.5, 0.6) is 0 Å². The van der Waals surface area contributed by atoms with Crippen molar-refractivity contribution in [3.05, 3.63) is 0 Å². The maximum Gasteiger partial charge on any atom is 0.0575 e. The molecule has 0 radical (unpaired) electrons. The van der Waals surface area contributed by atoms with E-state index in [0.717, 1.165) is 0 Å². The average Bonchev–Trinajstić information content (AvgIpc) is 1.53. The van der Waals surface area contributed by atoms with Crippen molar-refractivity contribution in [2.75, 3.05) is 0 Å². The van der Waals surface area contributed by atoms with Gasteiger partial charge in [0.05, 0.1) is 17.9 Å². The van der Waals surface area contributed by atoms with Gasteiger partial charge in [-0.2, -0.15) is 0 Å². The Balaban J connectivity index is 0. The Bertz CT molecular complexity index is 150. The van der Waals surface area contributed by atoms with E-state index >= 15 is 0 Å². The third-order valence-corrected chi connectivity index (χ3v) is 3.07. The summed E-state index contributed by atoms with van der Waals surface area (Å²) in [5.74, 6) is 0. The van der Waals surface area contributed by atoms with E-state index in [-0.39, 0.29) is 33.3 Å². The van der Waals surface area contributed by atoms with Crippen molar-refractivity contribution in [1.82, 2.24) is 0 Å². The summed E-state index contributed by atoms with van der Waals surface area (Å²) < 4.78 is 10.5. The molecule has 0 saturated carbocycles. The summed E-state index contributed by atoms with van der Waals surface area (Å²) in [4.78, 5) is 0. The van der Waals surface area contributed by atoms with E-state index in [2.05, 4.69) is 0 Å². The van der Waals surface area contributed by atoms with Gasteiger partial charge in [0.2, 0.25) is 0 Å². The first-order valence-corrected chi connectivity index (χ1v) is 7.16. The van der Waals surface area contributed by atoms with Gasteiger partial charge < -0.3 is 21.3 Å². The van der Waals surface area contributed by atoms with Gasteiger partial charge in [0, 0.05) is 21.1 Å². The summed E-state index contributed by atoms with van der Waals surface area (Å²) in [5, 5.41) is 0. The Morgan fingerprint density at radius 1 is 1.08 bits per heavy atom. The van der Waals surface area contributed by atoms with Crippen LogP contribution in [-0.4, -0.2) is 12.2 Å². The molecule has 0 bridgehead atoms. The van der Waals surface area contributed by atoms with Crippen molar-refractivity contribution in [3.8, 4) is 0 Å². The van der Waals surface area contributed by atoms with E-state index in [4.69, 9.17) is 33.1 Å². The molecule has 0 spiro atoms. The first-order valence-electron chi connectivity index (χ1n) is 3.51. The van der Waals surface area contributed by atoms with Crippen molar-refractivity contribution in [2.45, 2.75) is 39.9 Å². The average molecular weight is 309 g/mol. The molecule has 0 aliphatic heterocycles. The molecule has 0 saturated heterocycles. The molecule has 0 aliphatic rings. The van der Waals surface area contributed by atoms with Crippen molar-refractivity contribution in [3.63, 3.8) is 0 Å². The van der Waals surface area contributed by atoms with E-state index in [1.807, 2.05) is 27.7 Å². The molecular formula is C6H14MoO2PS2-. The maximum absolute atomic E-state index is 5.27. The molecule has 0 amide bonds. The number of hydrogen-bond acceptors (Lipinski definition) is 4. The summed E-state index contributed by atoms with van der Waals surface area (Å²) in [5.41, 5.74) is -2.39. The molecule has 2 nitrogen and oxygen atoms in total. The molecule has 0 aliphatic carbocycles. The number of hydrogen-bond donors (Lipinski definition) is 0. The van der Waals surface area contributed by atoms with E-state index in [1.165, 1.54) is 0 Å². The second kappa shape index (κ2) is 6.97. The Morgan fingerprint density at radius 2 is 1.33 bits per heavy atom. The third-order valence-electron chi connectivity index (χ3n) is 0.680. The second-order valence-corrected chi connectivity index (χ2v) is 7.65. The summed E-state index contributed by atoms with van der Waals surface area (Å²) in [6.07, 6.45) is 0.106. The zero-order valence-corrected chi connectivity index (χ0v) is 12.2. The van der Waals surface area contributed by atoms with Crippen molar-refractivity contribution in [1.29, 1.82) is 0 Å². The van der Waals surface area contributed by atoms with Crippen LogP contribution in [0.4, 0.5) is 0 Å². The maximum atomic E-state index is 5.27. The van der Waals surface area contributed by atoms with Gasteiger partial charge in [0.25, 0.3) is 0 Å². The van der Waals surface area contributed by atoms with Crippen LogP contribution >= 0.6 is 5.69 Å². The van der Waals surface area contributed by atoms with E-state index < -0.39 is 5.69 Å².